The van der Waals surface area contributed by atoms with Gasteiger partial charge in [0.1, 0.15) is 0 Å². The predicted octanol–water partition coefficient (Wildman–Crippen LogP) is 4.14. The predicted molar refractivity (Wildman–Crippen MR) is 102 cm³/mol. The molecule has 2 N–H and O–H groups in total. The average Bonchev–Trinajstić information content (AvgIpc) is 2.56. The normalized spacial score (nSPS) is 11.5. The molecular weight excluding hydrogens is 312 g/mol. The number of hydrogen-bond donors (Lipinski definition) is 2. The SMILES string of the molecule is Cc1cc2ccc(NC(=O)CC(C)(C)c3ccccc3)cc2[nH]c1=O. The maximum absolute atomic E-state index is 12.5. The summed E-state index contributed by atoms with van der Waals surface area (Å²) in [4.78, 5) is 27.1. The summed E-state index contributed by atoms with van der Waals surface area (Å²) in [7, 11) is 0. The number of rotatable bonds is 4. The van der Waals surface area contributed by atoms with E-state index in [-0.39, 0.29) is 16.9 Å². The van der Waals surface area contributed by atoms with Crippen molar-refractivity contribution in [1.29, 1.82) is 0 Å². The summed E-state index contributed by atoms with van der Waals surface area (Å²) in [5.74, 6) is -0.0531. The number of H-pyrrole nitrogens is 1. The number of amides is 1. The second-order valence-corrected chi connectivity index (χ2v) is 7.06. The van der Waals surface area contributed by atoms with Gasteiger partial charge in [-0.3, -0.25) is 9.59 Å². The quantitative estimate of drug-likeness (QED) is 0.753. The monoisotopic (exact) mass is 334 g/mol. The number of pyridine rings is 1. The zero-order valence-electron chi connectivity index (χ0n) is 14.7. The first kappa shape index (κ1) is 17.0. The summed E-state index contributed by atoms with van der Waals surface area (Å²) < 4.78 is 0. The van der Waals surface area contributed by atoms with Crippen molar-refractivity contribution < 1.29 is 4.79 Å². The fourth-order valence-corrected chi connectivity index (χ4v) is 2.99. The van der Waals surface area contributed by atoms with Gasteiger partial charge >= 0.3 is 0 Å². The molecule has 1 aromatic heterocycles. The molecular formula is C21H22N2O2. The van der Waals surface area contributed by atoms with E-state index in [1.165, 1.54) is 0 Å². The topological polar surface area (TPSA) is 62.0 Å². The molecule has 0 atom stereocenters. The van der Waals surface area contributed by atoms with E-state index in [2.05, 4.69) is 24.1 Å². The molecule has 1 amide bonds. The van der Waals surface area contributed by atoms with E-state index >= 15 is 0 Å². The Balaban J connectivity index is 1.78. The molecule has 128 valence electrons. The summed E-state index contributed by atoms with van der Waals surface area (Å²) >= 11 is 0. The molecule has 4 heteroatoms. The number of aryl methyl sites for hydroxylation is 1. The molecule has 4 nitrogen and oxygen atoms in total. The molecule has 1 heterocycles. The highest BCUT2D eigenvalue weighted by Crippen LogP contribution is 2.27. The molecule has 0 fully saturated rings. The zero-order valence-corrected chi connectivity index (χ0v) is 14.7. The van der Waals surface area contributed by atoms with Crippen LogP contribution in [0.5, 0.6) is 0 Å². The highest BCUT2D eigenvalue weighted by atomic mass is 16.1. The van der Waals surface area contributed by atoms with Crippen molar-refractivity contribution in [2.24, 2.45) is 0 Å². The number of aromatic nitrogens is 1. The summed E-state index contributed by atoms with van der Waals surface area (Å²) in [6.45, 7) is 5.89. The Bertz CT molecular complexity index is 972. The molecule has 2 aromatic carbocycles. The van der Waals surface area contributed by atoms with E-state index in [1.54, 1.807) is 13.0 Å². The first-order valence-corrected chi connectivity index (χ1v) is 8.34. The van der Waals surface area contributed by atoms with Gasteiger partial charge in [0.15, 0.2) is 0 Å². The molecule has 0 saturated carbocycles. The smallest absolute Gasteiger partial charge is 0.251 e. The van der Waals surface area contributed by atoms with Crippen molar-refractivity contribution in [2.45, 2.75) is 32.6 Å². The Kier molecular flexibility index (Phi) is 4.45. The lowest BCUT2D eigenvalue weighted by molar-refractivity contribution is -0.117. The largest absolute Gasteiger partial charge is 0.326 e. The van der Waals surface area contributed by atoms with E-state index in [1.807, 2.05) is 48.5 Å². The van der Waals surface area contributed by atoms with Crippen molar-refractivity contribution in [3.8, 4) is 0 Å². The van der Waals surface area contributed by atoms with Crippen LogP contribution in [0.4, 0.5) is 5.69 Å². The van der Waals surface area contributed by atoms with Crippen LogP contribution in [-0.2, 0) is 10.2 Å². The fourth-order valence-electron chi connectivity index (χ4n) is 2.99. The lowest BCUT2D eigenvalue weighted by atomic mass is 9.81. The highest BCUT2D eigenvalue weighted by Gasteiger charge is 2.24. The molecule has 0 aliphatic heterocycles. The number of carbonyl (C=O) groups excluding carboxylic acids is 1. The van der Waals surface area contributed by atoms with Gasteiger partial charge in [0.2, 0.25) is 5.91 Å². The molecule has 0 aliphatic carbocycles. The third-order valence-electron chi connectivity index (χ3n) is 4.47. The highest BCUT2D eigenvalue weighted by molar-refractivity contribution is 5.94. The van der Waals surface area contributed by atoms with Gasteiger partial charge in [-0.25, -0.2) is 0 Å². The second-order valence-electron chi connectivity index (χ2n) is 7.06. The van der Waals surface area contributed by atoms with Crippen molar-refractivity contribution in [3.05, 3.63) is 76.1 Å². The number of fused-ring (bicyclic) bond motifs is 1. The number of benzene rings is 2. The second kappa shape index (κ2) is 6.55. The summed E-state index contributed by atoms with van der Waals surface area (Å²) in [5, 5.41) is 3.88. The van der Waals surface area contributed by atoms with Crippen LogP contribution in [0.3, 0.4) is 0 Å². The Morgan fingerprint density at radius 2 is 1.80 bits per heavy atom. The summed E-state index contributed by atoms with van der Waals surface area (Å²) in [6.07, 6.45) is 0.374. The Morgan fingerprint density at radius 1 is 1.08 bits per heavy atom. The third-order valence-corrected chi connectivity index (χ3v) is 4.47. The minimum Gasteiger partial charge on any atom is -0.326 e. The van der Waals surface area contributed by atoms with Crippen molar-refractivity contribution in [1.82, 2.24) is 4.98 Å². The lowest BCUT2D eigenvalue weighted by Gasteiger charge is -2.24. The molecule has 0 aliphatic rings. The van der Waals surface area contributed by atoms with Crippen LogP contribution in [-0.4, -0.2) is 10.9 Å². The maximum Gasteiger partial charge on any atom is 0.251 e. The first-order valence-electron chi connectivity index (χ1n) is 8.34. The Labute approximate surface area is 146 Å². The minimum absolute atomic E-state index is 0.0531. The van der Waals surface area contributed by atoms with Gasteiger partial charge in [0.25, 0.3) is 5.56 Å². The van der Waals surface area contributed by atoms with Crippen LogP contribution in [0, 0.1) is 6.92 Å². The molecule has 25 heavy (non-hydrogen) atoms. The number of hydrogen-bond acceptors (Lipinski definition) is 2. The molecule has 0 bridgehead atoms. The molecule has 0 unspecified atom stereocenters. The van der Waals surface area contributed by atoms with E-state index in [0.717, 1.165) is 16.5 Å². The van der Waals surface area contributed by atoms with Gasteiger partial charge in [-0.2, -0.15) is 0 Å². The Morgan fingerprint density at radius 3 is 2.52 bits per heavy atom. The third kappa shape index (κ3) is 3.79. The number of anilines is 1. The number of carbonyl (C=O) groups is 1. The standard InChI is InChI=1S/C21H22N2O2/c1-14-11-15-9-10-17(12-18(15)23-20(14)25)22-19(24)13-21(2,3)16-7-5-4-6-8-16/h4-12H,13H2,1-3H3,(H,22,24)(H,23,25). The minimum atomic E-state index is -0.256. The van der Waals surface area contributed by atoms with Crippen molar-refractivity contribution in [3.63, 3.8) is 0 Å². The molecule has 3 rings (SSSR count). The van der Waals surface area contributed by atoms with Gasteiger partial charge < -0.3 is 10.3 Å². The van der Waals surface area contributed by atoms with Gasteiger partial charge in [-0.1, -0.05) is 50.2 Å². The van der Waals surface area contributed by atoms with Crippen LogP contribution in [0.1, 0.15) is 31.4 Å². The molecule has 3 aromatic rings. The van der Waals surface area contributed by atoms with Crippen LogP contribution < -0.4 is 10.9 Å². The van der Waals surface area contributed by atoms with Crippen LogP contribution in [0.15, 0.2) is 59.4 Å². The summed E-state index contributed by atoms with van der Waals surface area (Å²) in [6, 6.07) is 17.4. The molecule has 0 saturated heterocycles. The zero-order chi connectivity index (χ0) is 18.0. The van der Waals surface area contributed by atoms with Gasteiger partial charge in [0.05, 0.1) is 5.52 Å². The van der Waals surface area contributed by atoms with E-state index in [0.29, 0.717) is 17.7 Å². The average molecular weight is 334 g/mol. The van der Waals surface area contributed by atoms with Crippen molar-refractivity contribution in [2.75, 3.05) is 5.32 Å². The van der Waals surface area contributed by atoms with E-state index in [9.17, 15) is 9.59 Å². The Hall–Kier alpha value is -2.88. The number of nitrogens with one attached hydrogen (secondary N) is 2. The van der Waals surface area contributed by atoms with Gasteiger partial charge in [-0.15, -0.1) is 0 Å². The fraction of sp³-hybridized carbons (Fsp3) is 0.238. The van der Waals surface area contributed by atoms with Gasteiger partial charge in [0, 0.05) is 17.7 Å². The van der Waals surface area contributed by atoms with Crippen LogP contribution >= 0.6 is 0 Å². The molecule has 0 radical (unpaired) electrons. The van der Waals surface area contributed by atoms with Crippen LogP contribution in [0.25, 0.3) is 10.9 Å². The summed E-state index contributed by atoms with van der Waals surface area (Å²) in [5.41, 5.74) is 2.84. The van der Waals surface area contributed by atoms with Crippen molar-refractivity contribution >= 4 is 22.5 Å². The van der Waals surface area contributed by atoms with Gasteiger partial charge in [-0.05, 0) is 41.5 Å². The number of aromatic amines is 1. The van der Waals surface area contributed by atoms with Crippen LogP contribution in [0.2, 0.25) is 0 Å². The lowest BCUT2D eigenvalue weighted by Crippen LogP contribution is -2.25. The maximum atomic E-state index is 12.5. The first-order chi connectivity index (χ1) is 11.8. The molecule has 0 spiro atoms. The van der Waals surface area contributed by atoms with E-state index in [4.69, 9.17) is 0 Å². The van der Waals surface area contributed by atoms with E-state index < -0.39 is 0 Å².